The highest BCUT2D eigenvalue weighted by atomic mass is 14.9. The highest BCUT2D eigenvalue weighted by Crippen LogP contribution is 1.95. The topological polar surface area (TPSA) is 16.6 Å². The van der Waals surface area contributed by atoms with Gasteiger partial charge in [-0.05, 0) is 6.08 Å². The Bertz CT molecular complexity index is 62.6. The Morgan fingerprint density at radius 1 is 1.71 bits per heavy atom. The molecule has 0 radical (unpaired) electrons. The van der Waals surface area contributed by atoms with Crippen LogP contribution in [0.25, 0.3) is 0 Å². The Labute approximate surface area is 44.4 Å². The van der Waals surface area contributed by atoms with E-state index in [-0.39, 0.29) is 0 Å². The summed E-state index contributed by atoms with van der Waals surface area (Å²) >= 11 is 0. The number of rotatable bonds is 1. The Morgan fingerprint density at radius 2 is 2.57 bits per heavy atom. The van der Waals surface area contributed by atoms with Crippen molar-refractivity contribution in [2.75, 3.05) is 6.54 Å². The van der Waals surface area contributed by atoms with Gasteiger partial charge < -0.3 is 5.32 Å². The molecular weight excluding hydrogens is 86.1 g/mol. The molecule has 0 aromatic rings. The first-order valence-corrected chi connectivity index (χ1v) is 2.89. The molecule has 1 rings (SSSR count). The van der Waals surface area contributed by atoms with E-state index in [1.54, 1.807) is 0 Å². The van der Waals surface area contributed by atoms with Crippen LogP contribution >= 0.6 is 0 Å². The molecule has 0 amide bonds. The average molecular weight is 98.2 g/mol. The summed E-state index contributed by atoms with van der Waals surface area (Å²) < 4.78 is 0. The molecular formula is C6H12N+. The molecule has 1 aliphatic heterocycles. The van der Waals surface area contributed by atoms with Gasteiger partial charge in [-0.3, -0.25) is 0 Å². The van der Waals surface area contributed by atoms with Crippen molar-refractivity contribution in [1.29, 1.82) is 0 Å². The summed E-state index contributed by atoms with van der Waals surface area (Å²) in [6, 6.07) is 0.736. The summed E-state index contributed by atoms with van der Waals surface area (Å²) in [4.78, 5) is 0. The smallest absolute Gasteiger partial charge is 0.104 e. The monoisotopic (exact) mass is 98.1 g/mol. The second kappa shape index (κ2) is 2.12. The second-order valence-electron chi connectivity index (χ2n) is 2.07. The van der Waals surface area contributed by atoms with Crippen LogP contribution in [0.15, 0.2) is 12.7 Å². The summed E-state index contributed by atoms with van der Waals surface area (Å²) in [6.07, 6.45) is 4.74. The predicted molar refractivity (Wildman–Crippen MR) is 30.0 cm³/mol. The first kappa shape index (κ1) is 4.85. The van der Waals surface area contributed by atoms with E-state index in [9.17, 15) is 0 Å². The summed E-state index contributed by atoms with van der Waals surface area (Å²) in [5.41, 5.74) is 0. The minimum Gasteiger partial charge on any atom is -0.341 e. The molecule has 1 nitrogen and oxygen atoms in total. The summed E-state index contributed by atoms with van der Waals surface area (Å²) in [6.45, 7) is 5.01. The molecule has 7 heavy (non-hydrogen) atoms. The van der Waals surface area contributed by atoms with Gasteiger partial charge in [0.15, 0.2) is 0 Å². The van der Waals surface area contributed by atoms with Crippen molar-refractivity contribution < 1.29 is 5.32 Å². The van der Waals surface area contributed by atoms with E-state index in [4.69, 9.17) is 0 Å². The lowest BCUT2D eigenvalue weighted by Gasteiger charge is -1.94. The first-order valence-electron chi connectivity index (χ1n) is 2.89. The van der Waals surface area contributed by atoms with E-state index in [1.807, 2.05) is 6.08 Å². The van der Waals surface area contributed by atoms with Crippen LogP contribution in [0.3, 0.4) is 0 Å². The molecule has 0 aromatic heterocycles. The highest BCUT2D eigenvalue weighted by Gasteiger charge is 2.12. The SMILES string of the molecule is C=CC1CCC[NH2+]1. The fourth-order valence-corrected chi connectivity index (χ4v) is 1.02. The van der Waals surface area contributed by atoms with Gasteiger partial charge in [0, 0.05) is 12.8 Å². The third kappa shape index (κ3) is 1.03. The number of quaternary nitrogens is 1. The van der Waals surface area contributed by atoms with Crippen molar-refractivity contribution in [3.63, 3.8) is 0 Å². The normalized spacial score (nSPS) is 30.6. The number of hydrogen-bond acceptors (Lipinski definition) is 0. The van der Waals surface area contributed by atoms with Crippen LogP contribution < -0.4 is 5.32 Å². The van der Waals surface area contributed by atoms with Crippen LogP contribution in [0.1, 0.15) is 12.8 Å². The Morgan fingerprint density at radius 3 is 2.86 bits per heavy atom. The lowest BCUT2D eigenvalue weighted by molar-refractivity contribution is -0.659. The van der Waals surface area contributed by atoms with Crippen molar-refractivity contribution >= 4 is 0 Å². The van der Waals surface area contributed by atoms with Gasteiger partial charge in [-0.25, -0.2) is 0 Å². The Balaban J connectivity index is 2.26. The van der Waals surface area contributed by atoms with Crippen molar-refractivity contribution in [3.05, 3.63) is 12.7 Å². The van der Waals surface area contributed by atoms with Gasteiger partial charge in [-0.2, -0.15) is 0 Å². The van der Waals surface area contributed by atoms with Crippen LogP contribution in [0.4, 0.5) is 0 Å². The van der Waals surface area contributed by atoms with Crippen molar-refractivity contribution in [1.82, 2.24) is 0 Å². The minimum absolute atomic E-state index is 0.736. The summed E-state index contributed by atoms with van der Waals surface area (Å²) in [5, 5.41) is 2.34. The maximum absolute atomic E-state index is 3.71. The third-order valence-electron chi connectivity index (χ3n) is 1.51. The van der Waals surface area contributed by atoms with Crippen LogP contribution in [0.5, 0.6) is 0 Å². The van der Waals surface area contributed by atoms with E-state index >= 15 is 0 Å². The van der Waals surface area contributed by atoms with E-state index in [0.29, 0.717) is 0 Å². The molecule has 0 saturated carbocycles. The second-order valence-corrected chi connectivity index (χ2v) is 2.07. The van der Waals surface area contributed by atoms with Gasteiger partial charge in [-0.1, -0.05) is 6.58 Å². The highest BCUT2D eigenvalue weighted by molar-refractivity contribution is 4.79. The molecule has 1 atom stereocenters. The van der Waals surface area contributed by atoms with Crippen LogP contribution in [-0.4, -0.2) is 12.6 Å². The zero-order valence-corrected chi connectivity index (χ0v) is 4.56. The van der Waals surface area contributed by atoms with Gasteiger partial charge in [0.1, 0.15) is 6.04 Å². The van der Waals surface area contributed by atoms with Crippen LogP contribution in [-0.2, 0) is 0 Å². The van der Waals surface area contributed by atoms with Gasteiger partial charge in [0.25, 0.3) is 0 Å². The minimum atomic E-state index is 0.736. The van der Waals surface area contributed by atoms with E-state index in [2.05, 4.69) is 11.9 Å². The van der Waals surface area contributed by atoms with Gasteiger partial charge in [-0.15, -0.1) is 0 Å². The fraction of sp³-hybridized carbons (Fsp3) is 0.667. The molecule has 0 spiro atoms. The van der Waals surface area contributed by atoms with Gasteiger partial charge in [0.05, 0.1) is 6.54 Å². The number of hydrogen-bond donors (Lipinski definition) is 1. The fourth-order valence-electron chi connectivity index (χ4n) is 1.02. The third-order valence-corrected chi connectivity index (χ3v) is 1.51. The molecule has 1 fully saturated rings. The lowest BCUT2D eigenvalue weighted by atomic mass is 10.2. The molecule has 1 unspecified atom stereocenters. The standard InChI is InChI=1S/C6H11N/c1-2-6-4-3-5-7-6/h2,6-7H,1,3-5H2/p+1. The lowest BCUT2D eigenvalue weighted by Crippen LogP contribution is -2.85. The van der Waals surface area contributed by atoms with E-state index < -0.39 is 0 Å². The Hall–Kier alpha value is -0.300. The van der Waals surface area contributed by atoms with Crippen LogP contribution in [0.2, 0.25) is 0 Å². The van der Waals surface area contributed by atoms with E-state index in [0.717, 1.165) is 6.04 Å². The molecule has 0 aromatic carbocycles. The largest absolute Gasteiger partial charge is 0.341 e. The molecule has 2 N–H and O–H groups in total. The molecule has 1 saturated heterocycles. The van der Waals surface area contributed by atoms with E-state index in [1.165, 1.54) is 19.4 Å². The maximum Gasteiger partial charge on any atom is 0.104 e. The van der Waals surface area contributed by atoms with Gasteiger partial charge in [0.2, 0.25) is 0 Å². The number of nitrogens with two attached hydrogens (primary N) is 1. The molecule has 0 bridgehead atoms. The molecule has 1 aliphatic rings. The van der Waals surface area contributed by atoms with Crippen LogP contribution in [0, 0.1) is 0 Å². The molecule has 40 valence electrons. The molecule has 1 heteroatoms. The van der Waals surface area contributed by atoms with Crippen molar-refractivity contribution in [2.24, 2.45) is 0 Å². The quantitative estimate of drug-likeness (QED) is 0.441. The summed E-state index contributed by atoms with van der Waals surface area (Å²) in [5.74, 6) is 0. The Kier molecular flexibility index (Phi) is 1.47. The predicted octanol–water partition coefficient (Wildman–Crippen LogP) is -0.102. The zero-order valence-electron chi connectivity index (χ0n) is 4.56. The maximum atomic E-state index is 3.71. The molecule has 0 aliphatic carbocycles. The first-order chi connectivity index (χ1) is 3.43. The molecule has 1 heterocycles. The van der Waals surface area contributed by atoms with Gasteiger partial charge >= 0.3 is 0 Å². The summed E-state index contributed by atoms with van der Waals surface area (Å²) in [7, 11) is 0. The zero-order chi connectivity index (χ0) is 5.11. The van der Waals surface area contributed by atoms with Crippen molar-refractivity contribution in [2.45, 2.75) is 18.9 Å². The van der Waals surface area contributed by atoms with Crippen molar-refractivity contribution in [3.8, 4) is 0 Å². The average Bonchev–Trinajstić information content (AvgIpc) is 2.14.